The maximum Gasteiger partial charge on any atom is 0.142 e. The molecule has 0 saturated heterocycles. The smallest absolute Gasteiger partial charge is 0.142 e. The minimum Gasteiger partial charge on any atom is -0.487 e. The van der Waals surface area contributed by atoms with Crippen LogP contribution in [0.5, 0.6) is 5.75 Å². The molecule has 1 aromatic rings. The Morgan fingerprint density at radius 2 is 2.05 bits per heavy atom. The molecule has 20 heavy (non-hydrogen) atoms. The van der Waals surface area contributed by atoms with E-state index < -0.39 is 0 Å². The first-order chi connectivity index (χ1) is 9.43. The highest BCUT2D eigenvalue weighted by molar-refractivity contribution is 6.35. The van der Waals surface area contributed by atoms with Gasteiger partial charge >= 0.3 is 0 Å². The molecule has 0 heterocycles. The monoisotopic (exact) mass is 335 g/mol. The molecule has 0 aliphatic carbocycles. The standard InChI is InChI=1S/C15H20Cl3NO/c1-10(2)7-19-8-12-4-13(17)5-14(18)15(12)20-9-11(3)6-16/h4-6,10,19H,7-9H2,1-3H3/b11-6+. The van der Waals surface area contributed by atoms with Crippen molar-refractivity contribution >= 4 is 34.8 Å². The van der Waals surface area contributed by atoms with Gasteiger partial charge in [0.1, 0.15) is 12.4 Å². The van der Waals surface area contributed by atoms with Gasteiger partial charge in [-0.05, 0) is 37.1 Å². The van der Waals surface area contributed by atoms with Crippen LogP contribution in [-0.2, 0) is 6.54 Å². The summed E-state index contributed by atoms with van der Waals surface area (Å²) in [4.78, 5) is 0. The summed E-state index contributed by atoms with van der Waals surface area (Å²) in [5.74, 6) is 1.24. The molecule has 0 aliphatic rings. The predicted octanol–water partition coefficient (Wildman–Crippen LogP) is 5.26. The fourth-order valence-corrected chi connectivity index (χ4v) is 2.27. The number of hydrogen-bond acceptors (Lipinski definition) is 2. The molecule has 0 aromatic heterocycles. The highest BCUT2D eigenvalue weighted by Gasteiger charge is 2.11. The van der Waals surface area contributed by atoms with Crippen molar-refractivity contribution in [2.75, 3.05) is 13.2 Å². The number of ether oxygens (including phenoxy) is 1. The van der Waals surface area contributed by atoms with E-state index in [0.29, 0.717) is 34.9 Å². The van der Waals surface area contributed by atoms with E-state index in [4.69, 9.17) is 39.5 Å². The summed E-state index contributed by atoms with van der Waals surface area (Å²) in [5, 5.41) is 4.48. The van der Waals surface area contributed by atoms with E-state index in [1.54, 1.807) is 6.07 Å². The van der Waals surface area contributed by atoms with Crippen LogP contribution in [0.1, 0.15) is 26.3 Å². The predicted molar refractivity (Wildman–Crippen MR) is 88.1 cm³/mol. The van der Waals surface area contributed by atoms with Crippen molar-refractivity contribution in [2.45, 2.75) is 27.3 Å². The SMILES string of the molecule is C/C(=C\Cl)COc1c(Cl)cc(Cl)cc1CNCC(C)C. The second-order valence-corrected chi connectivity index (χ2v) is 6.21. The fourth-order valence-electron chi connectivity index (χ4n) is 1.62. The lowest BCUT2D eigenvalue weighted by atomic mass is 10.1. The van der Waals surface area contributed by atoms with Gasteiger partial charge in [0, 0.05) is 22.7 Å². The zero-order valence-corrected chi connectivity index (χ0v) is 14.2. The van der Waals surface area contributed by atoms with E-state index in [0.717, 1.165) is 17.7 Å². The summed E-state index contributed by atoms with van der Waals surface area (Å²) < 4.78 is 5.75. The molecular formula is C15H20Cl3NO. The van der Waals surface area contributed by atoms with Crippen molar-refractivity contribution in [3.8, 4) is 5.75 Å². The van der Waals surface area contributed by atoms with E-state index in [9.17, 15) is 0 Å². The van der Waals surface area contributed by atoms with Crippen LogP contribution in [-0.4, -0.2) is 13.2 Å². The van der Waals surface area contributed by atoms with Crippen LogP contribution in [0.3, 0.4) is 0 Å². The molecular weight excluding hydrogens is 317 g/mol. The molecule has 0 unspecified atom stereocenters. The lowest BCUT2D eigenvalue weighted by molar-refractivity contribution is 0.347. The molecule has 0 aliphatic heterocycles. The van der Waals surface area contributed by atoms with Gasteiger partial charge in [-0.1, -0.05) is 48.7 Å². The van der Waals surface area contributed by atoms with Gasteiger partial charge < -0.3 is 10.1 Å². The summed E-state index contributed by atoms with van der Waals surface area (Å²) >= 11 is 17.9. The molecule has 0 amide bonds. The van der Waals surface area contributed by atoms with Crippen LogP contribution in [0.25, 0.3) is 0 Å². The van der Waals surface area contributed by atoms with Gasteiger partial charge in [0.2, 0.25) is 0 Å². The van der Waals surface area contributed by atoms with Crippen molar-refractivity contribution in [1.82, 2.24) is 5.32 Å². The van der Waals surface area contributed by atoms with E-state index in [2.05, 4.69) is 19.2 Å². The van der Waals surface area contributed by atoms with Crippen LogP contribution >= 0.6 is 34.8 Å². The van der Waals surface area contributed by atoms with Crippen molar-refractivity contribution in [3.63, 3.8) is 0 Å². The Morgan fingerprint density at radius 3 is 2.65 bits per heavy atom. The third-order valence-corrected chi connectivity index (χ3v) is 3.46. The molecule has 0 radical (unpaired) electrons. The molecule has 0 bridgehead atoms. The minimum absolute atomic E-state index is 0.405. The maximum absolute atomic E-state index is 6.21. The first-order valence-corrected chi connectivity index (χ1v) is 7.70. The van der Waals surface area contributed by atoms with Gasteiger partial charge in [0.05, 0.1) is 5.02 Å². The van der Waals surface area contributed by atoms with Gasteiger partial charge in [0.15, 0.2) is 0 Å². The third kappa shape index (κ3) is 5.92. The molecule has 0 atom stereocenters. The van der Waals surface area contributed by atoms with Gasteiger partial charge in [-0.3, -0.25) is 0 Å². The average molecular weight is 337 g/mol. The molecule has 0 saturated carbocycles. The first kappa shape index (κ1) is 17.6. The number of benzene rings is 1. The summed E-state index contributed by atoms with van der Waals surface area (Å²) in [6.07, 6.45) is 0. The van der Waals surface area contributed by atoms with E-state index in [-0.39, 0.29) is 0 Å². The molecule has 5 heteroatoms. The summed E-state index contributed by atoms with van der Waals surface area (Å²) in [6.45, 7) is 8.20. The normalized spacial score (nSPS) is 12.1. The zero-order valence-electron chi connectivity index (χ0n) is 12.0. The fraction of sp³-hybridized carbons (Fsp3) is 0.467. The van der Waals surface area contributed by atoms with E-state index in [1.807, 2.05) is 13.0 Å². The van der Waals surface area contributed by atoms with Crippen molar-refractivity contribution < 1.29 is 4.74 Å². The number of nitrogens with one attached hydrogen (secondary N) is 1. The van der Waals surface area contributed by atoms with Gasteiger partial charge in [0.25, 0.3) is 0 Å². The van der Waals surface area contributed by atoms with E-state index in [1.165, 1.54) is 5.54 Å². The van der Waals surface area contributed by atoms with Crippen molar-refractivity contribution in [3.05, 3.63) is 38.8 Å². The minimum atomic E-state index is 0.405. The van der Waals surface area contributed by atoms with Gasteiger partial charge in [-0.15, -0.1) is 0 Å². The first-order valence-electron chi connectivity index (χ1n) is 6.51. The molecule has 1 aromatic carbocycles. The van der Waals surface area contributed by atoms with Crippen LogP contribution in [0.15, 0.2) is 23.2 Å². The maximum atomic E-state index is 6.21. The zero-order chi connectivity index (χ0) is 15.1. The Labute approximate surface area is 136 Å². The Morgan fingerprint density at radius 1 is 1.35 bits per heavy atom. The molecule has 0 spiro atoms. The number of halogens is 3. The van der Waals surface area contributed by atoms with Crippen LogP contribution in [0.4, 0.5) is 0 Å². The second-order valence-electron chi connectivity index (χ2n) is 5.14. The van der Waals surface area contributed by atoms with Gasteiger partial charge in [-0.2, -0.15) is 0 Å². The lowest BCUT2D eigenvalue weighted by Crippen LogP contribution is -2.19. The highest BCUT2D eigenvalue weighted by Crippen LogP contribution is 2.32. The second kappa shape index (κ2) is 8.78. The molecule has 112 valence electrons. The largest absolute Gasteiger partial charge is 0.487 e. The number of rotatable bonds is 7. The highest BCUT2D eigenvalue weighted by atomic mass is 35.5. The molecule has 1 rings (SSSR count). The van der Waals surface area contributed by atoms with Crippen molar-refractivity contribution in [1.29, 1.82) is 0 Å². The quantitative estimate of drug-likeness (QED) is 0.733. The van der Waals surface area contributed by atoms with Crippen LogP contribution in [0, 0.1) is 5.92 Å². The Balaban J connectivity index is 2.84. The molecule has 2 nitrogen and oxygen atoms in total. The van der Waals surface area contributed by atoms with Gasteiger partial charge in [-0.25, -0.2) is 0 Å². The average Bonchev–Trinajstić information content (AvgIpc) is 2.36. The number of hydrogen-bond donors (Lipinski definition) is 1. The van der Waals surface area contributed by atoms with Crippen LogP contribution < -0.4 is 10.1 Å². The van der Waals surface area contributed by atoms with Crippen molar-refractivity contribution in [2.24, 2.45) is 5.92 Å². The Hall–Kier alpha value is -0.410. The van der Waals surface area contributed by atoms with E-state index >= 15 is 0 Å². The lowest BCUT2D eigenvalue weighted by Gasteiger charge is -2.15. The summed E-state index contributed by atoms with van der Waals surface area (Å²) in [5.41, 5.74) is 3.38. The van der Waals surface area contributed by atoms with Crippen LogP contribution in [0.2, 0.25) is 10.0 Å². The Bertz CT molecular complexity index is 472. The summed E-state index contributed by atoms with van der Waals surface area (Å²) in [7, 11) is 0. The molecule has 1 N–H and O–H groups in total. The molecule has 0 fully saturated rings. The summed E-state index contributed by atoms with van der Waals surface area (Å²) in [6, 6.07) is 3.56. The topological polar surface area (TPSA) is 21.3 Å². The third-order valence-electron chi connectivity index (χ3n) is 2.58. The Kier molecular flexibility index (Phi) is 7.75.